The lowest BCUT2D eigenvalue weighted by molar-refractivity contribution is 0.0495. The van der Waals surface area contributed by atoms with Crippen LogP contribution in [0.15, 0.2) is 18.2 Å². The second-order valence-corrected chi connectivity index (χ2v) is 7.25. The molecule has 0 spiro atoms. The lowest BCUT2D eigenvalue weighted by Gasteiger charge is -2.26. The standard InChI is InChI=1S/C10H20N2O2.C9H8O2/c1-10(2,3)14-9(13)12-8-4-6-11-7-5-8;10-6-7-1-2-9-8(5-7)3-4-11-9/h8,11H,4-7H2,1-3H3,(H,12,13);1-2,5-6H,3-4H2. The van der Waals surface area contributed by atoms with E-state index in [4.69, 9.17) is 9.47 Å². The fraction of sp³-hybridized carbons (Fsp3) is 0.579. The molecule has 0 saturated carbocycles. The van der Waals surface area contributed by atoms with E-state index in [0.717, 1.165) is 62.1 Å². The summed E-state index contributed by atoms with van der Waals surface area (Å²) in [6.45, 7) is 8.30. The number of fused-ring (bicyclic) bond motifs is 1. The van der Waals surface area contributed by atoms with E-state index in [9.17, 15) is 9.59 Å². The van der Waals surface area contributed by atoms with Crippen LogP contribution in [0.3, 0.4) is 0 Å². The zero-order chi connectivity index (χ0) is 18.3. The van der Waals surface area contributed by atoms with Crippen LogP contribution in [0.4, 0.5) is 4.79 Å². The number of ether oxygens (including phenoxy) is 2. The number of aldehydes is 1. The van der Waals surface area contributed by atoms with Crippen LogP contribution in [0.1, 0.15) is 49.5 Å². The molecule has 0 bridgehead atoms. The zero-order valence-corrected chi connectivity index (χ0v) is 15.3. The quantitative estimate of drug-likeness (QED) is 0.804. The predicted octanol–water partition coefficient (Wildman–Crippen LogP) is 2.70. The molecule has 0 atom stereocenters. The minimum atomic E-state index is -0.406. The molecule has 2 heterocycles. The SMILES string of the molecule is CC(C)(C)OC(=O)NC1CCNCC1.O=Cc1ccc2c(c1)CCO2. The first-order valence-corrected chi connectivity index (χ1v) is 8.78. The fourth-order valence-electron chi connectivity index (χ4n) is 2.72. The van der Waals surface area contributed by atoms with Crippen LogP contribution in [-0.4, -0.2) is 43.7 Å². The Balaban J connectivity index is 0.000000185. The molecule has 0 aromatic heterocycles. The smallest absolute Gasteiger partial charge is 0.407 e. The average Bonchev–Trinajstić information content (AvgIpc) is 3.02. The van der Waals surface area contributed by atoms with E-state index in [-0.39, 0.29) is 12.1 Å². The van der Waals surface area contributed by atoms with Gasteiger partial charge in [-0.2, -0.15) is 0 Å². The van der Waals surface area contributed by atoms with Crippen LogP contribution in [0.25, 0.3) is 0 Å². The van der Waals surface area contributed by atoms with Gasteiger partial charge in [-0.25, -0.2) is 4.79 Å². The van der Waals surface area contributed by atoms with Gasteiger partial charge >= 0.3 is 6.09 Å². The van der Waals surface area contributed by atoms with Crippen molar-refractivity contribution in [2.45, 2.75) is 51.7 Å². The third-order valence-corrected chi connectivity index (χ3v) is 3.91. The molecule has 1 aromatic carbocycles. The van der Waals surface area contributed by atoms with Crippen LogP contribution >= 0.6 is 0 Å². The van der Waals surface area contributed by atoms with Gasteiger partial charge < -0.3 is 20.1 Å². The van der Waals surface area contributed by atoms with Crippen molar-refractivity contribution >= 4 is 12.4 Å². The highest BCUT2D eigenvalue weighted by Crippen LogP contribution is 2.25. The molecule has 6 nitrogen and oxygen atoms in total. The van der Waals surface area contributed by atoms with Gasteiger partial charge in [-0.05, 0) is 70.5 Å². The van der Waals surface area contributed by atoms with Gasteiger partial charge in [0.15, 0.2) is 0 Å². The Morgan fingerprint density at radius 3 is 2.68 bits per heavy atom. The van der Waals surface area contributed by atoms with Gasteiger partial charge in [0.05, 0.1) is 6.61 Å². The number of benzene rings is 1. The Bertz CT molecular complexity index is 590. The summed E-state index contributed by atoms with van der Waals surface area (Å²) in [5.74, 6) is 0.926. The molecule has 138 valence electrons. The maximum absolute atomic E-state index is 11.4. The highest BCUT2D eigenvalue weighted by Gasteiger charge is 2.20. The van der Waals surface area contributed by atoms with Gasteiger partial charge in [0.25, 0.3) is 0 Å². The minimum absolute atomic E-state index is 0.270. The average molecular weight is 348 g/mol. The van der Waals surface area contributed by atoms with Crippen LogP contribution in [0.5, 0.6) is 5.75 Å². The summed E-state index contributed by atoms with van der Waals surface area (Å²) in [5, 5.41) is 6.12. The number of alkyl carbamates (subject to hydrolysis) is 1. The van der Waals surface area contributed by atoms with Crippen molar-refractivity contribution in [1.82, 2.24) is 10.6 Å². The first kappa shape index (κ1) is 19.2. The summed E-state index contributed by atoms with van der Waals surface area (Å²) >= 11 is 0. The van der Waals surface area contributed by atoms with Crippen molar-refractivity contribution in [3.63, 3.8) is 0 Å². The number of carbonyl (C=O) groups excluding carboxylic acids is 2. The molecule has 0 aliphatic carbocycles. The van der Waals surface area contributed by atoms with Crippen LogP contribution in [0.2, 0.25) is 0 Å². The third kappa shape index (κ3) is 6.74. The first-order chi connectivity index (χ1) is 11.9. The number of carbonyl (C=O) groups is 2. The normalized spacial score (nSPS) is 16.8. The molecule has 0 radical (unpaired) electrons. The Kier molecular flexibility index (Phi) is 6.82. The van der Waals surface area contributed by atoms with Crippen molar-refractivity contribution in [2.24, 2.45) is 0 Å². The fourth-order valence-corrected chi connectivity index (χ4v) is 2.72. The highest BCUT2D eigenvalue weighted by molar-refractivity contribution is 5.75. The van der Waals surface area contributed by atoms with Crippen molar-refractivity contribution in [1.29, 1.82) is 0 Å². The summed E-state index contributed by atoms with van der Waals surface area (Å²) in [6, 6.07) is 5.78. The molecule has 1 saturated heterocycles. The molecule has 1 amide bonds. The summed E-state index contributed by atoms with van der Waals surface area (Å²) in [4.78, 5) is 21.7. The van der Waals surface area contributed by atoms with Gasteiger partial charge in [-0.1, -0.05) is 0 Å². The van der Waals surface area contributed by atoms with Gasteiger partial charge in [0.1, 0.15) is 17.6 Å². The number of hydrogen-bond acceptors (Lipinski definition) is 5. The Morgan fingerprint density at radius 1 is 1.32 bits per heavy atom. The largest absolute Gasteiger partial charge is 0.493 e. The molecular formula is C19H28N2O4. The summed E-state index contributed by atoms with van der Waals surface area (Å²) in [5.41, 5.74) is 1.47. The van der Waals surface area contributed by atoms with Crippen LogP contribution < -0.4 is 15.4 Å². The Morgan fingerprint density at radius 2 is 2.04 bits per heavy atom. The van der Waals surface area contributed by atoms with Crippen LogP contribution in [-0.2, 0) is 11.2 Å². The minimum Gasteiger partial charge on any atom is -0.493 e. The van der Waals surface area contributed by atoms with E-state index in [2.05, 4.69) is 10.6 Å². The van der Waals surface area contributed by atoms with Crippen LogP contribution in [0, 0.1) is 0 Å². The molecule has 2 N–H and O–H groups in total. The van der Waals surface area contributed by atoms with E-state index in [1.807, 2.05) is 32.9 Å². The van der Waals surface area contributed by atoms with E-state index < -0.39 is 5.60 Å². The number of nitrogens with one attached hydrogen (secondary N) is 2. The van der Waals surface area contributed by atoms with E-state index in [0.29, 0.717) is 0 Å². The topological polar surface area (TPSA) is 76.7 Å². The summed E-state index contributed by atoms with van der Waals surface area (Å²) in [6.07, 6.45) is 3.46. The molecule has 0 unspecified atom stereocenters. The van der Waals surface area contributed by atoms with Crippen molar-refractivity contribution in [3.05, 3.63) is 29.3 Å². The second kappa shape index (κ2) is 8.85. The number of rotatable bonds is 2. The van der Waals surface area contributed by atoms with Gasteiger partial charge in [0, 0.05) is 18.0 Å². The molecule has 2 aliphatic rings. The highest BCUT2D eigenvalue weighted by atomic mass is 16.6. The Labute approximate surface area is 149 Å². The number of amides is 1. The molecular weight excluding hydrogens is 320 g/mol. The van der Waals surface area contributed by atoms with Crippen molar-refractivity contribution in [2.75, 3.05) is 19.7 Å². The van der Waals surface area contributed by atoms with Gasteiger partial charge in [-0.15, -0.1) is 0 Å². The monoisotopic (exact) mass is 348 g/mol. The molecule has 1 fully saturated rings. The summed E-state index contributed by atoms with van der Waals surface area (Å²) in [7, 11) is 0. The Hall–Kier alpha value is -2.08. The van der Waals surface area contributed by atoms with E-state index >= 15 is 0 Å². The molecule has 25 heavy (non-hydrogen) atoms. The molecule has 6 heteroatoms. The number of hydrogen-bond donors (Lipinski definition) is 2. The molecule has 1 aromatic rings. The zero-order valence-electron chi connectivity index (χ0n) is 15.3. The van der Waals surface area contributed by atoms with Crippen molar-refractivity contribution < 1.29 is 19.1 Å². The van der Waals surface area contributed by atoms with E-state index in [1.54, 1.807) is 6.07 Å². The lowest BCUT2D eigenvalue weighted by atomic mass is 10.1. The second-order valence-electron chi connectivity index (χ2n) is 7.25. The van der Waals surface area contributed by atoms with Crippen molar-refractivity contribution in [3.8, 4) is 5.75 Å². The van der Waals surface area contributed by atoms with Gasteiger partial charge in [-0.3, -0.25) is 4.79 Å². The third-order valence-electron chi connectivity index (χ3n) is 3.91. The maximum Gasteiger partial charge on any atom is 0.407 e. The first-order valence-electron chi connectivity index (χ1n) is 8.78. The maximum atomic E-state index is 11.4. The molecule has 3 rings (SSSR count). The van der Waals surface area contributed by atoms with Gasteiger partial charge in [0.2, 0.25) is 0 Å². The summed E-state index contributed by atoms with van der Waals surface area (Å²) < 4.78 is 10.5. The number of piperidine rings is 1. The van der Waals surface area contributed by atoms with E-state index in [1.165, 1.54) is 0 Å². The molecule has 2 aliphatic heterocycles. The predicted molar refractivity (Wildman–Crippen MR) is 96.3 cm³/mol. The lowest BCUT2D eigenvalue weighted by Crippen LogP contribution is -2.44.